The van der Waals surface area contributed by atoms with Crippen molar-refractivity contribution in [3.05, 3.63) is 52.1 Å². The lowest BCUT2D eigenvalue weighted by atomic mass is 9.99. The van der Waals surface area contributed by atoms with E-state index in [2.05, 4.69) is 15.6 Å². The molecule has 2 saturated heterocycles. The molecule has 2 unspecified atom stereocenters. The summed E-state index contributed by atoms with van der Waals surface area (Å²) in [5, 5.41) is 7.44. The summed E-state index contributed by atoms with van der Waals surface area (Å²) in [5.74, 6) is 0.677. The van der Waals surface area contributed by atoms with Gasteiger partial charge in [-0.05, 0) is 43.9 Å². The molecule has 2 aliphatic heterocycles. The molecule has 5 nitrogen and oxygen atoms in total. The lowest BCUT2D eigenvalue weighted by molar-refractivity contribution is 0.0923. The Balaban J connectivity index is 0.00000140. The number of fused-ring (bicyclic) bond motifs is 2. The fourth-order valence-corrected chi connectivity index (χ4v) is 4.02. The Morgan fingerprint density at radius 1 is 1.11 bits per heavy atom. The fraction of sp³-hybridized carbons (Fsp3) is 0.368. The number of hydrogen-bond acceptors (Lipinski definition) is 4. The summed E-state index contributed by atoms with van der Waals surface area (Å²) in [4.78, 5) is 16.7. The number of piperidine rings is 1. The highest BCUT2D eigenvalue weighted by molar-refractivity contribution is 6.42. The number of carbonyl (C=O) groups is 1. The number of benzene rings is 1. The number of aromatic nitrogens is 1. The number of nitrogens with zero attached hydrogens (tertiary/aromatic N) is 1. The Morgan fingerprint density at radius 2 is 1.82 bits per heavy atom. The zero-order valence-corrected chi connectivity index (χ0v) is 18.0. The SMILES string of the molecule is Cl.Cl.O=C(NC1CC2CCC(C1)N2)c1ccc(Oc2cccc(Cl)c2Cl)nc1. The molecule has 4 rings (SSSR count). The van der Waals surface area contributed by atoms with Crippen LogP contribution in [0.5, 0.6) is 11.6 Å². The van der Waals surface area contributed by atoms with Crippen LogP contribution in [0.15, 0.2) is 36.5 Å². The zero-order chi connectivity index (χ0) is 18.1. The highest BCUT2D eigenvalue weighted by Gasteiger charge is 2.34. The van der Waals surface area contributed by atoms with Crippen LogP contribution in [-0.2, 0) is 0 Å². The van der Waals surface area contributed by atoms with Crippen molar-refractivity contribution in [2.24, 2.45) is 0 Å². The van der Waals surface area contributed by atoms with Gasteiger partial charge in [0.2, 0.25) is 5.88 Å². The van der Waals surface area contributed by atoms with E-state index in [1.54, 1.807) is 30.3 Å². The average molecular weight is 465 g/mol. The van der Waals surface area contributed by atoms with E-state index in [0.717, 1.165) is 12.8 Å². The van der Waals surface area contributed by atoms with Crippen molar-refractivity contribution in [2.45, 2.75) is 43.8 Å². The van der Waals surface area contributed by atoms with Crippen molar-refractivity contribution in [3.8, 4) is 11.6 Å². The van der Waals surface area contributed by atoms with Crippen LogP contribution in [0.3, 0.4) is 0 Å². The molecule has 2 atom stereocenters. The highest BCUT2D eigenvalue weighted by Crippen LogP contribution is 2.34. The summed E-state index contributed by atoms with van der Waals surface area (Å²) < 4.78 is 5.64. The number of carbonyl (C=O) groups excluding carboxylic acids is 1. The third-order valence-electron chi connectivity index (χ3n) is 4.94. The minimum Gasteiger partial charge on any atom is -0.437 e. The number of hydrogen-bond donors (Lipinski definition) is 2. The lowest BCUT2D eigenvalue weighted by Crippen LogP contribution is -2.48. The molecular formula is C19H21Cl4N3O2. The number of nitrogens with one attached hydrogen (secondary N) is 2. The Bertz CT molecular complexity index is 807. The Morgan fingerprint density at radius 3 is 2.46 bits per heavy atom. The molecule has 9 heteroatoms. The third-order valence-corrected chi connectivity index (χ3v) is 5.74. The van der Waals surface area contributed by atoms with E-state index >= 15 is 0 Å². The van der Waals surface area contributed by atoms with Crippen LogP contribution in [0.2, 0.25) is 10.0 Å². The molecule has 2 fully saturated rings. The van der Waals surface area contributed by atoms with Gasteiger partial charge in [-0.1, -0.05) is 29.3 Å². The molecule has 1 aromatic heterocycles. The first-order valence-corrected chi connectivity index (χ1v) is 9.49. The van der Waals surface area contributed by atoms with E-state index in [-0.39, 0.29) is 36.8 Å². The molecule has 1 amide bonds. The van der Waals surface area contributed by atoms with Gasteiger partial charge in [0.1, 0.15) is 10.8 Å². The zero-order valence-electron chi connectivity index (χ0n) is 14.9. The Hall–Kier alpha value is -1.24. The Labute approximate surface area is 186 Å². The average Bonchev–Trinajstić information content (AvgIpc) is 2.98. The van der Waals surface area contributed by atoms with Gasteiger partial charge in [-0.2, -0.15) is 0 Å². The van der Waals surface area contributed by atoms with Gasteiger partial charge in [0, 0.05) is 30.4 Å². The largest absolute Gasteiger partial charge is 0.437 e. The molecule has 2 aliphatic rings. The summed E-state index contributed by atoms with van der Waals surface area (Å²) >= 11 is 12.1. The summed E-state index contributed by atoms with van der Waals surface area (Å²) in [5.41, 5.74) is 0.514. The van der Waals surface area contributed by atoms with E-state index in [9.17, 15) is 4.79 Å². The maximum absolute atomic E-state index is 12.5. The van der Waals surface area contributed by atoms with Crippen LogP contribution < -0.4 is 15.4 Å². The number of pyridine rings is 1. The molecule has 0 saturated carbocycles. The first kappa shape index (κ1) is 23.0. The second kappa shape index (κ2) is 9.99. The third kappa shape index (κ3) is 5.22. The lowest BCUT2D eigenvalue weighted by Gasteiger charge is -2.29. The van der Waals surface area contributed by atoms with Crippen LogP contribution in [-0.4, -0.2) is 29.0 Å². The molecule has 0 radical (unpaired) electrons. The molecule has 28 heavy (non-hydrogen) atoms. The quantitative estimate of drug-likeness (QED) is 0.665. The summed E-state index contributed by atoms with van der Waals surface area (Å²) in [6, 6.07) is 9.79. The summed E-state index contributed by atoms with van der Waals surface area (Å²) in [7, 11) is 0. The first-order chi connectivity index (χ1) is 12.6. The van der Waals surface area contributed by atoms with Crippen LogP contribution in [0.1, 0.15) is 36.0 Å². The molecule has 3 heterocycles. The van der Waals surface area contributed by atoms with E-state index in [4.69, 9.17) is 27.9 Å². The van der Waals surface area contributed by atoms with Crippen LogP contribution >= 0.6 is 48.0 Å². The number of halogens is 4. The van der Waals surface area contributed by atoms with Crippen molar-refractivity contribution >= 4 is 53.9 Å². The van der Waals surface area contributed by atoms with Gasteiger partial charge >= 0.3 is 0 Å². The van der Waals surface area contributed by atoms with Crippen molar-refractivity contribution in [1.29, 1.82) is 0 Å². The van der Waals surface area contributed by atoms with Gasteiger partial charge in [-0.3, -0.25) is 4.79 Å². The van der Waals surface area contributed by atoms with E-state index in [1.807, 2.05) is 0 Å². The van der Waals surface area contributed by atoms with Crippen molar-refractivity contribution in [1.82, 2.24) is 15.6 Å². The topological polar surface area (TPSA) is 63.2 Å². The summed E-state index contributed by atoms with van der Waals surface area (Å²) in [6.45, 7) is 0. The first-order valence-electron chi connectivity index (χ1n) is 8.73. The monoisotopic (exact) mass is 463 g/mol. The van der Waals surface area contributed by atoms with Crippen molar-refractivity contribution in [2.75, 3.05) is 0 Å². The number of rotatable bonds is 4. The smallest absolute Gasteiger partial charge is 0.253 e. The molecule has 0 spiro atoms. The standard InChI is InChI=1S/C19H19Cl2N3O2.2ClH/c20-15-2-1-3-16(18(15)21)26-17-7-4-11(10-22-17)19(25)24-14-8-12-5-6-13(9-14)23-12;;/h1-4,7,10,12-14,23H,5-6,8-9H2,(H,24,25);2*1H. The number of amides is 1. The molecule has 2 aromatic rings. The van der Waals surface area contributed by atoms with Crippen molar-refractivity contribution in [3.63, 3.8) is 0 Å². The van der Waals surface area contributed by atoms with E-state index in [1.165, 1.54) is 19.0 Å². The molecular weight excluding hydrogens is 444 g/mol. The van der Waals surface area contributed by atoms with Gasteiger partial charge < -0.3 is 15.4 Å². The van der Waals surface area contributed by atoms with Gasteiger partial charge in [-0.25, -0.2) is 4.98 Å². The second-order valence-electron chi connectivity index (χ2n) is 6.82. The predicted octanol–water partition coefficient (Wildman–Crippen LogP) is 5.04. The molecule has 0 aliphatic carbocycles. The maximum Gasteiger partial charge on any atom is 0.253 e. The molecule has 2 bridgehead atoms. The second-order valence-corrected chi connectivity index (χ2v) is 7.60. The van der Waals surface area contributed by atoms with E-state index in [0.29, 0.717) is 39.3 Å². The highest BCUT2D eigenvalue weighted by atomic mass is 35.5. The molecule has 152 valence electrons. The predicted molar refractivity (Wildman–Crippen MR) is 116 cm³/mol. The van der Waals surface area contributed by atoms with Gasteiger partial charge in [0.15, 0.2) is 0 Å². The molecule has 1 aromatic carbocycles. The Kier molecular flexibility index (Phi) is 8.22. The fourth-order valence-electron chi connectivity index (χ4n) is 3.69. The molecule has 2 N–H and O–H groups in total. The van der Waals surface area contributed by atoms with E-state index < -0.39 is 0 Å². The number of ether oxygens (including phenoxy) is 1. The van der Waals surface area contributed by atoms with Gasteiger partial charge in [0.05, 0.1) is 10.6 Å². The van der Waals surface area contributed by atoms with Crippen molar-refractivity contribution < 1.29 is 9.53 Å². The normalized spacial score (nSPS) is 22.6. The minimum absolute atomic E-state index is 0. The van der Waals surface area contributed by atoms with Crippen LogP contribution in [0, 0.1) is 0 Å². The minimum atomic E-state index is -0.101. The van der Waals surface area contributed by atoms with Crippen LogP contribution in [0.4, 0.5) is 0 Å². The summed E-state index contributed by atoms with van der Waals surface area (Å²) in [6.07, 6.45) is 5.90. The van der Waals surface area contributed by atoms with Gasteiger partial charge in [0.25, 0.3) is 5.91 Å². The maximum atomic E-state index is 12.5. The van der Waals surface area contributed by atoms with Crippen LogP contribution in [0.25, 0.3) is 0 Å². The van der Waals surface area contributed by atoms with Gasteiger partial charge in [-0.15, -0.1) is 24.8 Å².